The molecule has 2 aromatic carbocycles. The lowest BCUT2D eigenvalue weighted by Crippen LogP contribution is -2.58. The second-order valence-corrected chi connectivity index (χ2v) is 8.19. The summed E-state index contributed by atoms with van der Waals surface area (Å²) in [5, 5.41) is 6.98. The molecular weight excluding hydrogens is 453 g/mol. The zero-order valence-electron chi connectivity index (χ0n) is 19.6. The van der Waals surface area contributed by atoms with Crippen LogP contribution in [-0.4, -0.2) is 40.7 Å². The Labute approximate surface area is 203 Å². The summed E-state index contributed by atoms with van der Waals surface area (Å²) in [6.07, 6.45) is 3.71. The van der Waals surface area contributed by atoms with E-state index in [9.17, 15) is 14.0 Å². The predicted molar refractivity (Wildman–Crippen MR) is 133 cm³/mol. The molecule has 3 aromatic rings. The Morgan fingerprint density at radius 1 is 1.18 bits per heavy atom. The molecule has 0 saturated carbocycles. The number of piperazine rings is 1. The summed E-state index contributed by atoms with van der Waals surface area (Å²) < 4.78 is 18.6. The molecule has 2 amide bonds. The fraction of sp³-hybridized carbons (Fsp3) is 0.269. The van der Waals surface area contributed by atoms with Crippen molar-refractivity contribution in [1.29, 1.82) is 0 Å². The van der Waals surface area contributed by atoms with E-state index >= 15 is 0 Å². The van der Waals surface area contributed by atoms with E-state index in [2.05, 4.69) is 10.5 Å². The molecule has 178 valence electrons. The number of nitrogens with one attached hydrogen (secondary N) is 1. The minimum Gasteiger partial charge on any atom is -0.355 e. The number of rotatable bonds is 5. The maximum Gasteiger partial charge on any atom is 0.277 e. The van der Waals surface area contributed by atoms with Gasteiger partial charge >= 0.3 is 0 Å². The Bertz CT molecular complexity index is 1150. The largest absolute Gasteiger partial charge is 0.355 e. The number of amides is 2. The molecule has 1 aromatic heterocycles. The quantitative estimate of drug-likeness (QED) is 0.524. The number of nitrogens with zero attached hydrogens (tertiary/aromatic N) is 2. The second kappa shape index (κ2) is 11.7. The number of benzene rings is 2. The van der Waals surface area contributed by atoms with E-state index in [0.717, 1.165) is 10.5 Å². The van der Waals surface area contributed by atoms with E-state index in [1.54, 1.807) is 12.1 Å². The van der Waals surface area contributed by atoms with Crippen LogP contribution in [0.2, 0.25) is 0 Å². The predicted octanol–water partition coefficient (Wildman–Crippen LogP) is 5.46. The first-order valence-electron chi connectivity index (χ1n) is 11.1. The van der Waals surface area contributed by atoms with Crippen molar-refractivity contribution in [3.8, 4) is 11.3 Å². The highest BCUT2D eigenvalue weighted by Crippen LogP contribution is 2.30. The Balaban J connectivity index is 0.00000158. The van der Waals surface area contributed by atoms with Crippen molar-refractivity contribution in [3.05, 3.63) is 88.7 Å². The van der Waals surface area contributed by atoms with Gasteiger partial charge in [0.2, 0.25) is 5.91 Å². The molecular formula is C26H28FN3O3S. The summed E-state index contributed by atoms with van der Waals surface area (Å²) in [7, 11) is 0. The molecule has 34 heavy (non-hydrogen) atoms. The van der Waals surface area contributed by atoms with Crippen LogP contribution in [0.3, 0.4) is 0 Å². The summed E-state index contributed by atoms with van der Waals surface area (Å²) in [5.41, 5.74) is 1.61. The van der Waals surface area contributed by atoms with Crippen LogP contribution < -0.4 is 5.32 Å². The van der Waals surface area contributed by atoms with Crippen LogP contribution in [0.15, 0.2) is 76.2 Å². The Kier molecular flexibility index (Phi) is 8.65. The first-order chi connectivity index (χ1) is 16.5. The molecule has 1 aliphatic rings. The highest BCUT2D eigenvalue weighted by atomic mass is 32.2. The molecule has 0 aliphatic carbocycles. The topological polar surface area (TPSA) is 75.4 Å². The Morgan fingerprint density at radius 2 is 1.85 bits per heavy atom. The minimum atomic E-state index is -0.756. The van der Waals surface area contributed by atoms with E-state index in [0.29, 0.717) is 11.3 Å². The number of hydrogen-bond donors (Lipinski definition) is 1. The molecule has 4 rings (SSSR count). The van der Waals surface area contributed by atoms with Gasteiger partial charge in [-0.3, -0.25) is 9.59 Å². The van der Waals surface area contributed by atoms with Gasteiger partial charge < -0.3 is 14.7 Å². The molecule has 1 saturated heterocycles. The number of halogens is 1. The number of carbonyl (C=O) groups excluding carboxylic acids is 2. The molecule has 0 radical (unpaired) electrons. The van der Waals surface area contributed by atoms with Gasteiger partial charge in [0.15, 0.2) is 11.5 Å². The van der Waals surface area contributed by atoms with Gasteiger partial charge in [-0.1, -0.05) is 55.4 Å². The molecule has 2 atom stereocenters. The van der Waals surface area contributed by atoms with E-state index < -0.39 is 11.9 Å². The van der Waals surface area contributed by atoms with E-state index in [1.807, 2.05) is 63.4 Å². The molecule has 2 heterocycles. The normalized spacial score (nSPS) is 18.1. The average molecular weight is 482 g/mol. The zero-order chi connectivity index (χ0) is 24.7. The van der Waals surface area contributed by atoms with Crippen molar-refractivity contribution in [2.24, 2.45) is 0 Å². The van der Waals surface area contributed by atoms with Crippen LogP contribution >= 0.6 is 11.8 Å². The number of thioether (sulfide) groups is 1. The molecule has 8 heteroatoms. The van der Waals surface area contributed by atoms with E-state index in [-0.39, 0.29) is 30.0 Å². The third-order valence-electron chi connectivity index (χ3n) is 5.37. The van der Waals surface area contributed by atoms with Crippen molar-refractivity contribution in [3.63, 3.8) is 0 Å². The Hall–Kier alpha value is -3.39. The van der Waals surface area contributed by atoms with E-state index in [1.165, 1.54) is 34.9 Å². The summed E-state index contributed by atoms with van der Waals surface area (Å²) >= 11 is 1.42. The molecule has 2 unspecified atom stereocenters. The van der Waals surface area contributed by atoms with Gasteiger partial charge in [-0.05, 0) is 43.0 Å². The fourth-order valence-electron chi connectivity index (χ4n) is 3.76. The van der Waals surface area contributed by atoms with Crippen molar-refractivity contribution in [1.82, 2.24) is 15.4 Å². The van der Waals surface area contributed by atoms with E-state index in [4.69, 9.17) is 4.52 Å². The van der Waals surface area contributed by atoms with Crippen molar-refractivity contribution < 1.29 is 18.5 Å². The highest BCUT2D eigenvalue weighted by Gasteiger charge is 2.40. The van der Waals surface area contributed by atoms with Gasteiger partial charge in [0, 0.05) is 23.1 Å². The summed E-state index contributed by atoms with van der Waals surface area (Å²) in [6, 6.07) is 15.7. The first-order valence-corrected chi connectivity index (χ1v) is 12.3. The summed E-state index contributed by atoms with van der Waals surface area (Å²) in [4.78, 5) is 28.9. The van der Waals surface area contributed by atoms with Crippen LogP contribution in [0, 0.1) is 5.82 Å². The lowest BCUT2D eigenvalue weighted by atomic mass is 10.00. The maximum absolute atomic E-state index is 13.5. The monoisotopic (exact) mass is 481 g/mol. The van der Waals surface area contributed by atoms with Gasteiger partial charge in [-0.15, -0.1) is 11.8 Å². The van der Waals surface area contributed by atoms with Crippen molar-refractivity contribution in [2.45, 2.75) is 32.9 Å². The SMILES string of the molecule is C/C=C(\SC)C1C(=O)NC(c2ccccc2)CN1C(=O)c1cc(-c2ccc(F)cc2)on1.CC. The van der Waals surface area contributed by atoms with Crippen molar-refractivity contribution >= 4 is 23.6 Å². The maximum atomic E-state index is 13.5. The lowest BCUT2D eigenvalue weighted by molar-refractivity contribution is -0.127. The summed E-state index contributed by atoms with van der Waals surface area (Å²) in [6.45, 7) is 6.13. The van der Waals surface area contributed by atoms with Gasteiger partial charge in [0.1, 0.15) is 11.9 Å². The molecule has 0 spiro atoms. The smallest absolute Gasteiger partial charge is 0.277 e. The number of carbonyl (C=O) groups is 2. The number of hydrogen-bond acceptors (Lipinski definition) is 5. The third-order valence-corrected chi connectivity index (χ3v) is 6.30. The lowest BCUT2D eigenvalue weighted by Gasteiger charge is -2.39. The first kappa shape index (κ1) is 25.2. The third kappa shape index (κ3) is 5.39. The Morgan fingerprint density at radius 3 is 2.47 bits per heavy atom. The molecule has 6 nitrogen and oxygen atoms in total. The average Bonchev–Trinajstić information content (AvgIpc) is 3.37. The standard InChI is InChI=1S/C24H22FN3O3S.C2H6/c1-3-21(32-2)22-23(29)26-19(15-7-5-4-6-8-15)14-28(22)24(30)18-13-20(31-27-18)16-9-11-17(25)12-10-16;1-2/h3-13,19,22H,14H2,1-2H3,(H,26,29);1-2H3/b21-3-;. The van der Waals surface area contributed by atoms with Gasteiger partial charge in [-0.2, -0.15) is 0 Å². The van der Waals surface area contributed by atoms with Crippen LogP contribution in [-0.2, 0) is 4.79 Å². The van der Waals surface area contributed by atoms with Crippen LogP contribution in [0.4, 0.5) is 4.39 Å². The number of aromatic nitrogens is 1. The summed E-state index contributed by atoms with van der Waals surface area (Å²) in [5.74, 6) is -0.670. The molecule has 0 bridgehead atoms. The van der Waals surface area contributed by atoms with Crippen molar-refractivity contribution in [2.75, 3.05) is 12.8 Å². The minimum absolute atomic E-state index is 0.0902. The molecule has 1 fully saturated rings. The zero-order valence-corrected chi connectivity index (χ0v) is 20.4. The van der Waals surface area contributed by atoms with Crippen LogP contribution in [0.5, 0.6) is 0 Å². The van der Waals surface area contributed by atoms with Gasteiger partial charge in [-0.25, -0.2) is 4.39 Å². The van der Waals surface area contributed by atoms with Gasteiger partial charge in [0.25, 0.3) is 5.91 Å². The van der Waals surface area contributed by atoms with Crippen LogP contribution in [0.25, 0.3) is 11.3 Å². The highest BCUT2D eigenvalue weighted by molar-refractivity contribution is 8.02. The van der Waals surface area contributed by atoms with Gasteiger partial charge in [0.05, 0.1) is 6.04 Å². The second-order valence-electron chi connectivity index (χ2n) is 7.31. The molecule has 1 N–H and O–H groups in total. The fourth-order valence-corrected chi connectivity index (χ4v) is 4.45. The number of allylic oxidation sites excluding steroid dienone is 1. The molecule has 1 aliphatic heterocycles. The van der Waals surface area contributed by atoms with Crippen LogP contribution in [0.1, 0.15) is 42.9 Å².